The van der Waals surface area contributed by atoms with Crippen molar-refractivity contribution in [3.8, 4) is 0 Å². The van der Waals surface area contributed by atoms with Crippen LogP contribution in [0.15, 0.2) is 53.2 Å². The maximum Gasteiger partial charge on any atom is 0.258 e. The van der Waals surface area contributed by atoms with Crippen molar-refractivity contribution in [3.63, 3.8) is 0 Å². The lowest BCUT2D eigenvalue weighted by Crippen LogP contribution is -2.38. The average molecular weight is 320 g/mol. The van der Waals surface area contributed by atoms with Crippen molar-refractivity contribution in [1.29, 1.82) is 0 Å². The number of fused-ring (bicyclic) bond motifs is 1. The van der Waals surface area contributed by atoms with Gasteiger partial charge in [0.05, 0.1) is 11.6 Å². The number of aromatic nitrogens is 1. The number of carbonyl (C=O) groups is 1. The van der Waals surface area contributed by atoms with E-state index in [0.717, 1.165) is 42.5 Å². The van der Waals surface area contributed by atoms with E-state index in [9.17, 15) is 4.79 Å². The van der Waals surface area contributed by atoms with E-state index in [2.05, 4.69) is 11.1 Å². The van der Waals surface area contributed by atoms with Gasteiger partial charge in [0.15, 0.2) is 0 Å². The van der Waals surface area contributed by atoms with Gasteiger partial charge in [0, 0.05) is 24.3 Å². The van der Waals surface area contributed by atoms with Gasteiger partial charge in [-0.25, -0.2) is 0 Å². The number of pyridine rings is 1. The molecular formula is C20H20N2O2. The van der Waals surface area contributed by atoms with E-state index in [4.69, 9.17) is 4.42 Å². The molecule has 0 saturated carbocycles. The number of amides is 1. The molecule has 1 amide bonds. The van der Waals surface area contributed by atoms with Crippen LogP contribution in [0.4, 0.5) is 0 Å². The number of hydrogen-bond acceptors (Lipinski definition) is 3. The van der Waals surface area contributed by atoms with Gasteiger partial charge in [-0.2, -0.15) is 0 Å². The zero-order valence-electron chi connectivity index (χ0n) is 13.7. The zero-order valence-corrected chi connectivity index (χ0v) is 13.7. The highest BCUT2D eigenvalue weighted by atomic mass is 16.3. The van der Waals surface area contributed by atoms with Gasteiger partial charge in [-0.3, -0.25) is 9.78 Å². The van der Waals surface area contributed by atoms with Crippen molar-refractivity contribution in [2.45, 2.75) is 32.2 Å². The molecule has 1 aromatic carbocycles. The summed E-state index contributed by atoms with van der Waals surface area (Å²) in [5.74, 6) is 0.871. The fraction of sp³-hybridized carbons (Fsp3) is 0.300. The number of furan rings is 1. The molecule has 1 saturated heterocycles. The molecule has 3 aromatic rings. The lowest BCUT2D eigenvalue weighted by molar-refractivity contribution is 0.0612. The molecule has 4 nitrogen and oxygen atoms in total. The van der Waals surface area contributed by atoms with E-state index in [0.29, 0.717) is 11.1 Å². The molecule has 1 aliphatic heterocycles. The molecule has 0 radical (unpaired) electrons. The standard InChI is InChI=1S/C20H20N2O2/c1-14-12-15-6-4-8-17(19(15)24-14)20(23)22-11-3-2-9-18(22)16-7-5-10-21-13-16/h4-8,10,12-13,18H,2-3,9,11H2,1H3/t18-/m1/s1. The summed E-state index contributed by atoms with van der Waals surface area (Å²) in [6, 6.07) is 11.8. The Hall–Kier alpha value is -2.62. The van der Waals surface area contributed by atoms with Crippen molar-refractivity contribution >= 4 is 16.9 Å². The predicted molar refractivity (Wildman–Crippen MR) is 92.8 cm³/mol. The van der Waals surface area contributed by atoms with Crippen LogP contribution in [0.25, 0.3) is 11.0 Å². The largest absolute Gasteiger partial charge is 0.461 e. The first-order valence-electron chi connectivity index (χ1n) is 8.44. The molecule has 1 aliphatic rings. The lowest BCUT2D eigenvalue weighted by Gasteiger charge is -2.36. The Labute approximate surface area is 141 Å². The lowest BCUT2D eigenvalue weighted by atomic mass is 9.95. The Bertz CT molecular complexity index is 870. The van der Waals surface area contributed by atoms with E-state index < -0.39 is 0 Å². The highest BCUT2D eigenvalue weighted by molar-refractivity contribution is 6.05. The number of likely N-dealkylation sites (tertiary alicyclic amines) is 1. The van der Waals surface area contributed by atoms with Crippen LogP contribution in [0.2, 0.25) is 0 Å². The monoisotopic (exact) mass is 320 g/mol. The fourth-order valence-corrected chi connectivity index (χ4v) is 3.61. The Morgan fingerprint density at radius 2 is 2.17 bits per heavy atom. The van der Waals surface area contributed by atoms with Gasteiger partial charge in [0.25, 0.3) is 5.91 Å². The molecule has 3 heterocycles. The van der Waals surface area contributed by atoms with E-state index >= 15 is 0 Å². The van der Waals surface area contributed by atoms with Gasteiger partial charge < -0.3 is 9.32 Å². The number of nitrogens with zero attached hydrogens (tertiary/aromatic N) is 2. The minimum absolute atomic E-state index is 0.0449. The van der Waals surface area contributed by atoms with Crippen molar-refractivity contribution in [1.82, 2.24) is 9.88 Å². The number of hydrogen-bond donors (Lipinski definition) is 0. The second kappa shape index (κ2) is 6.11. The van der Waals surface area contributed by atoms with Gasteiger partial charge in [-0.05, 0) is 49.9 Å². The minimum atomic E-state index is 0.0449. The summed E-state index contributed by atoms with van der Waals surface area (Å²) in [5.41, 5.74) is 2.44. The summed E-state index contributed by atoms with van der Waals surface area (Å²) in [5, 5.41) is 0.980. The number of aryl methyl sites for hydroxylation is 1. The predicted octanol–water partition coefficient (Wildman–Crippen LogP) is 4.50. The van der Waals surface area contributed by atoms with Crippen LogP contribution in [-0.4, -0.2) is 22.3 Å². The summed E-state index contributed by atoms with van der Waals surface area (Å²) in [6.45, 7) is 2.68. The molecule has 24 heavy (non-hydrogen) atoms. The maximum atomic E-state index is 13.3. The molecule has 2 aromatic heterocycles. The van der Waals surface area contributed by atoms with Gasteiger partial charge in [-0.1, -0.05) is 18.2 Å². The van der Waals surface area contributed by atoms with Gasteiger partial charge in [0.2, 0.25) is 0 Å². The van der Waals surface area contributed by atoms with Gasteiger partial charge in [0.1, 0.15) is 11.3 Å². The van der Waals surface area contributed by atoms with Crippen LogP contribution in [0.1, 0.15) is 47.0 Å². The molecule has 4 heteroatoms. The summed E-state index contributed by atoms with van der Waals surface area (Å²) < 4.78 is 5.79. The van der Waals surface area contributed by atoms with Crippen LogP contribution >= 0.6 is 0 Å². The molecule has 0 aliphatic carbocycles. The second-order valence-electron chi connectivity index (χ2n) is 6.38. The quantitative estimate of drug-likeness (QED) is 0.698. The van der Waals surface area contributed by atoms with Gasteiger partial charge >= 0.3 is 0 Å². The van der Waals surface area contributed by atoms with Crippen LogP contribution in [0.5, 0.6) is 0 Å². The van der Waals surface area contributed by atoms with Crippen molar-refractivity contribution < 1.29 is 9.21 Å². The van der Waals surface area contributed by atoms with Crippen LogP contribution < -0.4 is 0 Å². The van der Waals surface area contributed by atoms with Crippen molar-refractivity contribution in [3.05, 3.63) is 65.7 Å². The second-order valence-corrected chi connectivity index (χ2v) is 6.38. The Kier molecular flexibility index (Phi) is 3.81. The Morgan fingerprint density at radius 1 is 1.25 bits per heavy atom. The molecule has 1 fully saturated rings. The van der Waals surface area contributed by atoms with E-state index in [1.54, 1.807) is 6.20 Å². The minimum Gasteiger partial charge on any atom is -0.461 e. The third kappa shape index (κ3) is 2.58. The topological polar surface area (TPSA) is 46.3 Å². The highest BCUT2D eigenvalue weighted by Crippen LogP contribution is 2.33. The molecule has 4 rings (SSSR count). The number of rotatable bonds is 2. The first-order valence-corrected chi connectivity index (χ1v) is 8.44. The molecule has 0 N–H and O–H groups in total. The Morgan fingerprint density at radius 3 is 3.00 bits per heavy atom. The van der Waals surface area contributed by atoms with E-state index in [-0.39, 0.29) is 11.9 Å². The highest BCUT2D eigenvalue weighted by Gasteiger charge is 2.30. The van der Waals surface area contributed by atoms with Crippen LogP contribution in [0.3, 0.4) is 0 Å². The first kappa shape index (κ1) is 14.9. The van der Waals surface area contributed by atoms with Gasteiger partial charge in [-0.15, -0.1) is 0 Å². The number of para-hydroxylation sites is 1. The Balaban J connectivity index is 1.73. The summed E-state index contributed by atoms with van der Waals surface area (Å²) >= 11 is 0. The first-order chi connectivity index (χ1) is 11.7. The molecule has 0 bridgehead atoms. The number of benzene rings is 1. The van der Waals surface area contributed by atoms with Crippen LogP contribution in [-0.2, 0) is 0 Å². The van der Waals surface area contributed by atoms with Crippen LogP contribution in [0, 0.1) is 6.92 Å². The molecule has 1 atom stereocenters. The maximum absolute atomic E-state index is 13.3. The number of piperidine rings is 1. The molecule has 0 unspecified atom stereocenters. The van der Waals surface area contributed by atoms with Crippen molar-refractivity contribution in [2.75, 3.05) is 6.54 Å². The van der Waals surface area contributed by atoms with E-state index in [1.165, 1.54) is 0 Å². The SMILES string of the molecule is Cc1cc2cccc(C(=O)N3CCCC[C@@H]3c3cccnc3)c2o1. The number of carbonyl (C=O) groups excluding carboxylic acids is 1. The zero-order chi connectivity index (χ0) is 16.5. The summed E-state index contributed by atoms with van der Waals surface area (Å²) in [4.78, 5) is 19.5. The molecular weight excluding hydrogens is 300 g/mol. The third-order valence-corrected chi connectivity index (χ3v) is 4.73. The summed E-state index contributed by atoms with van der Waals surface area (Å²) in [6.07, 6.45) is 6.78. The molecule has 122 valence electrons. The summed E-state index contributed by atoms with van der Waals surface area (Å²) in [7, 11) is 0. The fourth-order valence-electron chi connectivity index (χ4n) is 3.61. The molecule has 0 spiro atoms. The third-order valence-electron chi connectivity index (χ3n) is 4.73. The average Bonchev–Trinajstić information content (AvgIpc) is 3.02. The van der Waals surface area contributed by atoms with E-state index in [1.807, 2.05) is 48.4 Å². The smallest absolute Gasteiger partial charge is 0.258 e. The normalized spacial score (nSPS) is 18.0. The van der Waals surface area contributed by atoms with Crippen molar-refractivity contribution in [2.24, 2.45) is 0 Å².